The largest absolute Gasteiger partial charge is 0.326 e. The normalized spacial score (nSPS) is 10.6. The van der Waals surface area contributed by atoms with Gasteiger partial charge in [-0.2, -0.15) is 0 Å². The number of imidazole rings is 1. The molecule has 2 aromatic rings. The highest BCUT2D eigenvalue weighted by Gasteiger charge is 2.03. The number of nitrogens with zero attached hydrogens (tertiary/aromatic N) is 2. The van der Waals surface area contributed by atoms with Gasteiger partial charge >= 0.3 is 0 Å². The summed E-state index contributed by atoms with van der Waals surface area (Å²) in [7, 11) is 0. The van der Waals surface area contributed by atoms with Gasteiger partial charge in [0, 0.05) is 29.6 Å². The summed E-state index contributed by atoms with van der Waals surface area (Å²) in [6.45, 7) is 2.40. The summed E-state index contributed by atoms with van der Waals surface area (Å²) < 4.78 is 2.00. The maximum absolute atomic E-state index is 5.99. The first kappa shape index (κ1) is 10.2. The standard InChI is InChI=1S/C11H12ClN3/c1-8-14-4-5-15(8)10-2-3-11(12)9(6-10)7-13/h2-6H,7,13H2,1H3. The van der Waals surface area contributed by atoms with E-state index in [1.54, 1.807) is 6.20 Å². The molecule has 0 fully saturated rings. The minimum atomic E-state index is 0.445. The summed E-state index contributed by atoms with van der Waals surface area (Å²) in [5.74, 6) is 0.945. The quantitative estimate of drug-likeness (QED) is 0.846. The lowest BCUT2D eigenvalue weighted by Gasteiger charge is -2.08. The van der Waals surface area contributed by atoms with E-state index in [9.17, 15) is 0 Å². The summed E-state index contributed by atoms with van der Waals surface area (Å²) >= 11 is 5.99. The molecule has 1 heterocycles. The summed E-state index contributed by atoms with van der Waals surface area (Å²) in [5, 5.41) is 0.707. The molecule has 2 rings (SSSR count). The molecule has 2 N–H and O–H groups in total. The molecule has 0 atom stereocenters. The Balaban J connectivity index is 2.51. The maximum Gasteiger partial charge on any atom is 0.110 e. The molecular weight excluding hydrogens is 210 g/mol. The Hall–Kier alpha value is -1.32. The van der Waals surface area contributed by atoms with Crippen molar-refractivity contribution in [1.29, 1.82) is 0 Å². The number of halogens is 1. The highest BCUT2D eigenvalue weighted by Crippen LogP contribution is 2.20. The zero-order chi connectivity index (χ0) is 10.8. The number of aryl methyl sites for hydroxylation is 1. The van der Waals surface area contributed by atoms with E-state index >= 15 is 0 Å². The van der Waals surface area contributed by atoms with Crippen LogP contribution in [0.3, 0.4) is 0 Å². The maximum atomic E-state index is 5.99. The summed E-state index contributed by atoms with van der Waals surface area (Å²) in [6, 6.07) is 5.80. The molecular formula is C11H12ClN3. The van der Waals surface area contributed by atoms with Gasteiger partial charge in [-0.25, -0.2) is 4.98 Å². The van der Waals surface area contributed by atoms with Crippen molar-refractivity contribution in [1.82, 2.24) is 9.55 Å². The second kappa shape index (κ2) is 4.04. The fraction of sp³-hybridized carbons (Fsp3) is 0.182. The zero-order valence-electron chi connectivity index (χ0n) is 8.44. The Morgan fingerprint density at radius 1 is 1.47 bits per heavy atom. The van der Waals surface area contributed by atoms with Crippen molar-refractivity contribution in [3.05, 3.63) is 47.0 Å². The molecule has 0 radical (unpaired) electrons. The van der Waals surface area contributed by atoms with E-state index in [4.69, 9.17) is 17.3 Å². The molecule has 0 unspecified atom stereocenters. The van der Waals surface area contributed by atoms with E-state index in [1.807, 2.05) is 35.9 Å². The van der Waals surface area contributed by atoms with Gasteiger partial charge in [0.05, 0.1) is 0 Å². The highest BCUT2D eigenvalue weighted by atomic mass is 35.5. The molecule has 0 aliphatic heterocycles. The fourth-order valence-corrected chi connectivity index (χ4v) is 1.71. The Morgan fingerprint density at radius 3 is 2.87 bits per heavy atom. The second-order valence-electron chi connectivity index (χ2n) is 3.32. The van der Waals surface area contributed by atoms with E-state index in [2.05, 4.69) is 4.98 Å². The third-order valence-electron chi connectivity index (χ3n) is 2.35. The molecule has 0 aliphatic rings. The molecule has 1 aromatic carbocycles. The summed E-state index contributed by atoms with van der Waals surface area (Å²) in [5.41, 5.74) is 7.59. The van der Waals surface area contributed by atoms with Crippen LogP contribution in [-0.2, 0) is 6.54 Å². The number of aromatic nitrogens is 2. The topological polar surface area (TPSA) is 43.8 Å². The Labute approximate surface area is 93.5 Å². The van der Waals surface area contributed by atoms with E-state index in [1.165, 1.54) is 0 Å². The van der Waals surface area contributed by atoms with Crippen molar-refractivity contribution in [2.24, 2.45) is 5.73 Å². The Kier molecular flexibility index (Phi) is 2.75. The van der Waals surface area contributed by atoms with Crippen molar-refractivity contribution in [3.8, 4) is 5.69 Å². The van der Waals surface area contributed by atoms with Gasteiger partial charge in [-0.05, 0) is 30.7 Å². The van der Waals surface area contributed by atoms with Gasteiger partial charge < -0.3 is 10.3 Å². The van der Waals surface area contributed by atoms with E-state index in [0.717, 1.165) is 17.1 Å². The van der Waals surface area contributed by atoms with Gasteiger partial charge in [0.1, 0.15) is 5.82 Å². The number of benzene rings is 1. The average molecular weight is 222 g/mol. The second-order valence-corrected chi connectivity index (χ2v) is 3.73. The Morgan fingerprint density at radius 2 is 2.27 bits per heavy atom. The van der Waals surface area contributed by atoms with Crippen LogP contribution in [0.4, 0.5) is 0 Å². The predicted molar refractivity (Wildman–Crippen MR) is 61.2 cm³/mol. The number of rotatable bonds is 2. The SMILES string of the molecule is Cc1nccn1-c1ccc(Cl)c(CN)c1. The highest BCUT2D eigenvalue weighted by molar-refractivity contribution is 6.31. The number of nitrogens with two attached hydrogens (primary N) is 1. The van der Waals surface area contributed by atoms with Gasteiger partial charge in [0.2, 0.25) is 0 Å². The van der Waals surface area contributed by atoms with Crippen LogP contribution in [0.5, 0.6) is 0 Å². The molecule has 4 heteroatoms. The van der Waals surface area contributed by atoms with Crippen molar-refractivity contribution >= 4 is 11.6 Å². The van der Waals surface area contributed by atoms with E-state index < -0.39 is 0 Å². The van der Waals surface area contributed by atoms with Gasteiger partial charge in [-0.15, -0.1) is 0 Å². The predicted octanol–water partition coefficient (Wildman–Crippen LogP) is 2.29. The van der Waals surface area contributed by atoms with Crippen LogP contribution in [0.2, 0.25) is 5.02 Å². The average Bonchev–Trinajstić information content (AvgIpc) is 2.65. The molecule has 0 bridgehead atoms. The van der Waals surface area contributed by atoms with Crippen LogP contribution in [0.1, 0.15) is 11.4 Å². The van der Waals surface area contributed by atoms with Gasteiger partial charge in [0.25, 0.3) is 0 Å². The first-order valence-corrected chi connectivity index (χ1v) is 5.09. The third-order valence-corrected chi connectivity index (χ3v) is 2.72. The molecule has 78 valence electrons. The van der Waals surface area contributed by atoms with Gasteiger partial charge in [0.15, 0.2) is 0 Å². The minimum Gasteiger partial charge on any atom is -0.326 e. The fourth-order valence-electron chi connectivity index (χ4n) is 1.52. The molecule has 15 heavy (non-hydrogen) atoms. The van der Waals surface area contributed by atoms with Crippen LogP contribution in [-0.4, -0.2) is 9.55 Å². The van der Waals surface area contributed by atoms with Crippen molar-refractivity contribution in [2.75, 3.05) is 0 Å². The van der Waals surface area contributed by atoms with Crippen molar-refractivity contribution in [2.45, 2.75) is 13.5 Å². The van der Waals surface area contributed by atoms with E-state index in [0.29, 0.717) is 11.6 Å². The molecule has 3 nitrogen and oxygen atoms in total. The first-order valence-electron chi connectivity index (χ1n) is 4.71. The van der Waals surface area contributed by atoms with Crippen molar-refractivity contribution < 1.29 is 0 Å². The smallest absolute Gasteiger partial charge is 0.110 e. The van der Waals surface area contributed by atoms with Crippen LogP contribution in [0.15, 0.2) is 30.6 Å². The molecule has 0 saturated heterocycles. The van der Waals surface area contributed by atoms with Crippen molar-refractivity contribution in [3.63, 3.8) is 0 Å². The summed E-state index contributed by atoms with van der Waals surface area (Å²) in [4.78, 5) is 4.17. The van der Waals surface area contributed by atoms with Gasteiger partial charge in [-0.3, -0.25) is 0 Å². The van der Waals surface area contributed by atoms with Crippen LogP contribution in [0, 0.1) is 6.92 Å². The lowest BCUT2D eigenvalue weighted by Crippen LogP contribution is -2.01. The number of hydrogen-bond acceptors (Lipinski definition) is 2. The minimum absolute atomic E-state index is 0.445. The lowest BCUT2D eigenvalue weighted by atomic mass is 10.2. The number of hydrogen-bond donors (Lipinski definition) is 1. The zero-order valence-corrected chi connectivity index (χ0v) is 9.20. The molecule has 0 amide bonds. The molecule has 1 aromatic heterocycles. The molecule has 0 saturated carbocycles. The van der Waals surface area contributed by atoms with E-state index in [-0.39, 0.29) is 0 Å². The molecule has 0 spiro atoms. The monoisotopic (exact) mass is 221 g/mol. The van der Waals surface area contributed by atoms with Crippen LogP contribution >= 0.6 is 11.6 Å². The third kappa shape index (κ3) is 1.89. The Bertz CT molecular complexity index is 476. The molecule has 0 aliphatic carbocycles. The lowest BCUT2D eigenvalue weighted by molar-refractivity contribution is 0.965. The first-order chi connectivity index (χ1) is 7.22. The van der Waals surface area contributed by atoms with Gasteiger partial charge in [-0.1, -0.05) is 11.6 Å². The van der Waals surface area contributed by atoms with Crippen LogP contribution < -0.4 is 5.73 Å². The van der Waals surface area contributed by atoms with Crippen LogP contribution in [0.25, 0.3) is 5.69 Å². The summed E-state index contributed by atoms with van der Waals surface area (Å²) in [6.07, 6.45) is 3.69.